The first-order valence-electron chi connectivity index (χ1n) is 17.3. The van der Waals surface area contributed by atoms with Crippen LogP contribution in [0.15, 0.2) is 60.9 Å². The van der Waals surface area contributed by atoms with Gasteiger partial charge in [0, 0.05) is 73.4 Å². The Morgan fingerprint density at radius 3 is 2.57 bits per heavy atom. The van der Waals surface area contributed by atoms with Crippen molar-refractivity contribution >= 4 is 57.9 Å². The Bertz CT molecular complexity index is 2140. The fourth-order valence-corrected chi connectivity index (χ4v) is 7.77. The van der Waals surface area contributed by atoms with E-state index in [0.29, 0.717) is 45.9 Å². The highest BCUT2D eigenvalue weighted by atomic mass is 35.5. The molecule has 5 aromatic rings. The van der Waals surface area contributed by atoms with E-state index in [1.165, 1.54) is 13.3 Å². The Morgan fingerprint density at radius 1 is 1.04 bits per heavy atom. The molecule has 2 N–H and O–H groups in total. The van der Waals surface area contributed by atoms with Crippen molar-refractivity contribution in [1.29, 1.82) is 0 Å². The minimum atomic E-state index is -0.321. The molecular formula is C39H40ClN7O4. The van der Waals surface area contributed by atoms with E-state index in [9.17, 15) is 14.4 Å². The van der Waals surface area contributed by atoms with E-state index in [1.54, 1.807) is 18.3 Å². The van der Waals surface area contributed by atoms with E-state index in [2.05, 4.69) is 25.5 Å². The van der Waals surface area contributed by atoms with E-state index in [1.807, 2.05) is 54.9 Å². The Kier molecular flexibility index (Phi) is 9.84. The fourth-order valence-electron chi connectivity index (χ4n) is 7.49. The number of ether oxygens (including phenoxy) is 1. The summed E-state index contributed by atoms with van der Waals surface area (Å²) in [6.45, 7) is 4.55. The van der Waals surface area contributed by atoms with Crippen LogP contribution in [-0.4, -0.2) is 62.8 Å². The monoisotopic (exact) mass is 705 g/mol. The van der Waals surface area contributed by atoms with Crippen molar-refractivity contribution in [3.05, 3.63) is 94.3 Å². The second-order valence-electron chi connectivity index (χ2n) is 13.5. The van der Waals surface area contributed by atoms with E-state index < -0.39 is 0 Å². The number of aldehydes is 1. The lowest BCUT2D eigenvalue weighted by Crippen LogP contribution is -2.36. The fraction of sp³-hybridized carbons (Fsp3) is 0.333. The number of imidazole rings is 1. The normalized spacial score (nSPS) is 17.5. The molecule has 0 unspecified atom stereocenters. The summed E-state index contributed by atoms with van der Waals surface area (Å²) in [6.07, 6.45) is 8.58. The topological polar surface area (TPSA) is 131 Å². The summed E-state index contributed by atoms with van der Waals surface area (Å²) in [7, 11) is 3.36. The summed E-state index contributed by atoms with van der Waals surface area (Å²) in [5, 5.41) is 7.65. The van der Waals surface area contributed by atoms with Crippen LogP contribution in [0, 0.1) is 18.8 Å². The number of hydrogen-bond acceptors (Lipinski definition) is 9. The zero-order valence-electron chi connectivity index (χ0n) is 28.9. The van der Waals surface area contributed by atoms with Crippen molar-refractivity contribution in [1.82, 2.24) is 24.4 Å². The number of hydrogen-bond donors (Lipinski definition) is 2. The van der Waals surface area contributed by atoms with Crippen LogP contribution in [0.3, 0.4) is 0 Å². The number of fused-ring (bicyclic) bond motifs is 2. The van der Waals surface area contributed by atoms with Gasteiger partial charge in [0.15, 0.2) is 17.9 Å². The van der Waals surface area contributed by atoms with Crippen molar-refractivity contribution in [2.75, 3.05) is 30.8 Å². The quantitative estimate of drug-likeness (QED) is 0.121. The average molecular weight is 706 g/mol. The summed E-state index contributed by atoms with van der Waals surface area (Å²) in [5.74, 6) is 1.07. The molecule has 12 heteroatoms. The highest BCUT2D eigenvalue weighted by Gasteiger charge is 2.31. The molecule has 7 rings (SSSR count). The first-order chi connectivity index (χ1) is 24.7. The highest BCUT2D eigenvalue weighted by molar-refractivity contribution is 6.36. The lowest BCUT2D eigenvalue weighted by molar-refractivity contribution is -0.146. The third-order valence-corrected chi connectivity index (χ3v) is 10.7. The largest absolute Gasteiger partial charge is 0.469 e. The van der Waals surface area contributed by atoms with Gasteiger partial charge in [-0.1, -0.05) is 35.9 Å². The number of amides is 1. The number of rotatable bonds is 9. The number of aromatic nitrogens is 4. The summed E-state index contributed by atoms with van der Waals surface area (Å²) in [4.78, 5) is 53.1. The third-order valence-electron chi connectivity index (χ3n) is 10.3. The summed E-state index contributed by atoms with van der Waals surface area (Å²) in [6, 6.07) is 15.1. The molecule has 1 saturated carbocycles. The number of nitrogens with zero attached hydrogens (tertiary/aromatic N) is 5. The summed E-state index contributed by atoms with van der Waals surface area (Å²) >= 11 is 7.01. The van der Waals surface area contributed by atoms with Gasteiger partial charge in [-0.3, -0.25) is 24.3 Å². The summed E-state index contributed by atoms with van der Waals surface area (Å²) in [5.41, 5.74) is 7.06. The zero-order chi connectivity index (χ0) is 35.6. The molecule has 0 radical (unpaired) electrons. The lowest BCUT2D eigenvalue weighted by atomic mass is 9.81. The molecule has 2 aliphatic rings. The van der Waals surface area contributed by atoms with Crippen LogP contribution in [-0.2, 0) is 29.5 Å². The van der Waals surface area contributed by atoms with Gasteiger partial charge in [0.25, 0.3) is 5.91 Å². The maximum absolute atomic E-state index is 13.7. The van der Waals surface area contributed by atoms with Crippen molar-refractivity contribution in [2.45, 2.75) is 45.6 Å². The van der Waals surface area contributed by atoms with Gasteiger partial charge in [-0.05, 0) is 73.9 Å². The number of halogens is 1. The van der Waals surface area contributed by atoms with Crippen LogP contribution in [0.1, 0.15) is 63.6 Å². The van der Waals surface area contributed by atoms with Crippen LogP contribution in [0.4, 0.5) is 17.2 Å². The second kappa shape index (κ2) is 14.6. The van der Waals surface area contributed by atoms with Crippen molar-refractivity contribution in [3.63, 3.8) is 0 Å². The molecular weight excluding hydrogens is 666 g/mol. The number of nitrogens with one attached hydrogen (secondary N) is 2. The maximum atomic E-state index is 13.7. The Hall–Kier alpha value is -5.13. The first kappa shape index (κ1) is 34.3. The summed E-state index contributed by atoms with van der Waals surface area (Å²) < 4.78 is 6.85. The average Bonchev–Trinajstić information content (AvgIpc) is 3.48. The Balaban J connectivity index is 1.05. The number of carbonyl (C=O) groups excluding carboxylic acids is 3. The van der Waals surface area contributed by atoms with Gasteiger partial charge in [0.05, 0.1) is 29.4 Å². The van der Waals surface area contributed by atoms with Crippen LogP contribution in [0.5, 0.6) is 0 Å². The molecule has 4 heterocycles. The van der Waals surface area contributed by atoms with E-state index in [4.69, 9.17) is 21.3 Å². The number of methoxy groups -OCH3 is 1. The molecule has 1 aliphatic heterocycles. The standard InChI is InChI=1S/C39H40ClN7O4/c1-23-28(6-4-8-30(23)43-36-35-27(14-16-41-36)18-25(22-48)19-42-35)29-7-5-9-31(34(29)40)45-38(49)37-44-32-21-47(17-15-33(32)46(37)2)20-24-10-12-26(13-11-24)39(50)51-3/h4-9,14,16,18-19,22,24,26H,10-13,15,17,20-21H2,1-3H3,(H,41,43)(H,45,49)/t24-,26+. The molecule has 0 bridgehead atoms. The highest BCUT2D eigenvalue weighted by Crippen LogP contribution is 2.39. The molecule has 1 fully saturated rings. The maximum Gasteiger partial charge on any atom is 0.308 e. The van der Waals surface area contributed by atoms with Crippen molar-refractivity contribution in [2.24, 2.45) is 18.9 Å². The molecule has 2 aromatic carbocycles. The van der Waals surface area contributed by atoms with E-state index in [0.717, 1.165) is 90.6 Å². The molecule has 11 nitrogen and oxygen atoms in total. The van der Waals surface area contributed by atoms with Gasteiger partial charge in [0.1, 0.15) is 5.52 Å². The number of benzene rings is 2. The van der Waals surface area contributed by atoms with Gasteiger partial charge >= 0.3 is 5.97 Å². The van der Waals surface area contributed by atoms with E-state index >= 15 is 0 Å². The predicted octanol–water partition coefficient (Wildman–Crippen LogP) is 7.14. The van der Waals surface area contributed by atoms with Gasteiger partial charge in [-0.15, -0.1) is 0 Å². The lowest BCUT2D eigenvalue weighted by Gasteiger charge is -2.33. The molecule has 3 aromatic heterocycles. The van der Waals surface area contributed by atoms with Crippen molar-refractivity contribution < 1.29 is 19.1 Å². The van der Waals surface area contributed by atoms with Crippen LogP contribution >= 0.6 is 11.6 Å². The number of pyridine rings is 2. The van der Waals surface area contributed by atoms with Gasteiger partial charge in [-0.25, -0.2) is 9.97 Å². The minimum absolute atomic E-state index is 0.0212. The van der Waals surface area contributed by atoms with Crippen LogP contribution in [0.2, 0.25) is 5.02 Å². The SMILES string of the molecule is COC(=O)[C@H]1CC[C@@H](CN2CCc3c(nc(C(=O)Nc4cccc(-c5cccc(Nc6nccc7cc(C=O)cnc67)c5C)c4Cl)n3C)C2)CC1. The minimum Gasteiger partial charge on any atom is -0.469 e. The zero-order valence-corrected chi connectivity index (χ0v) is 29.7. The van der Waals surface area contributed by atoms with Gasteiger partial charge < -0.3 is 19.9 Å². The first-order valence-corrected chi connectivity index (χ1v) is 17.6. The predicted molar refractivity (Wildman–Crippen MR) is 197 cm³/mol. The molecule has 0 atom stereocenters. The number of anilines is 3. The number of carbonyl (C=O) groups is 3. The van der Waals surface area contributed by atoms with Gasteiger partial charge in [-0.2, -0.15) is 0 Å². The number of esters is 1. The Labute approximate surface area is 301 Å². The molecule has 262 valence electrons. The molecule has 1 aliphatic carbocycles. The van der Waals surface area contributed by atoms with Crippen molar-refractivity contribution in [3.8, 4) is 11.1 Å². The molecule has 0 saturated heterocycles. The van der Waals surface area contributed by atoms with Gasteiger partial charge in [0.2, 0.25) is 0 Å². The van der Waals surface area contributed by atoms with Crippen LogP contribution in [0.25, 0.3) is 22.0 Å². The molecule has 0 spiro atoms. The third kappa shape index (κ3) is 6.96. The molecule has 1 amide bonds. The molecule has 51 heavy (non-hydrogen) atoms. The Morgan fingerprint density at radius 2 is 1.80 bits per heavy atom. The van der Waals surface area contributed by atoms with E-state index in [-0.39, 0.29) is 17.8 Å². The second-order valence-corrected chi connectivity index (χ2v) is 13.8. The van der Waals surface area contributed by atoms with Crippen LogP contribution < -0.4 is 10.6 Å². The smallest absolute Gasteiger partial charge is 0.308 e.